The van der Waals surface area contributed by atoms with Gasteiger partial charge in [0.05, 0.1) is 11.4 Å². The van der Waals surface area contributed by atoms with E-state index >= 15 is 0 Å². The second-order valence-electron chi connectivity index (χ2n) is 5.25. The predicted octanol–water partition coefficient (Wildman–Crippen LogP) is 3.13. The molecule has 2 aromatic carbocycles. The van der Waals surface area contributed by atoms with E-state index in [4.69, 9.17) is 11.6 Å². The Kier molecular flexibility index (Phi) is 4.28. The fourth-order valence-corrected chi connectivity index (χ4v) is 4.23. The van der Waals surface area contributed by atoms with Crippen LogP contribution >= 0.6 is 11.6 Å². The van der Waals surface area contributed by atoms with E-state index < -0.39 is 10.0 Å². The van der Waals surface area contributed by atoms with E-state index in [0.29, 0.717) is 34.9 Å². The lowest BCUT2D eigenvalue weighted by Gasteiger charge is -2.17. The van der Waals surface area contributed by atoms with Crippen LogP contribution in [0.3, 0.4) is 0 Å². The Labute approximate surface area is 139 Å². The number of anilines is 2. The third-order valence-electron chi connectivity index (χ3n) is 3.60. The molecule has 1 amide bonds. The van der Waals surface area contributed by atoms with Crippen LogP contribution in [0, 0.1) is 0 Å². The van der Waals surface area contributed by atoms with Gasteiger partial charge in [0.25, 0.3) is 5.91 Å². The molecule has 23 heavy (non-hydrogen) atoms. The van der Waals surface area contributed by atoms with E-state index in [-0.39, 0.29) is 11.7 Å². The number of sulfonamides is 1. The first kappa shape index (κ1) is 15.8. The molecule has 1 aliphatic rings. The summed E-state index contributed by atoms with van der Waals surface area (Å²) in [5, 5.41) is 3.29. The molecule has 0 atom stereocenters. The molecule has 3 rings (SSSR count). The van der Waals surface area contributed by atoms with E-state index in [1.54, 1.807) is 48.5 Å². The first-order chi connectivity index (χ1) is 11.0. The van der Waals surface area contributed by atoms with Crippen LogP contribution in [-0.4, -0.2) is 26.6 Å². The van der Waals surface area contributed by atoms with Gasteiger partial charge >= 0.3 is 0 Å². The maximum Gasteiger partial charge on any atom is 0.255 e. The molecule has 1 heterocycles. The lowest BCUT2D eigenvalue weighted by Crippen LogP contribution is -2.25. The van der Waals surface area contributed by atoms with Crippen LogP contribution in [0.4, 0.5) is 11.4 Å². The van der Waals surface area contributed by atoms with Gasteiger partial charge in [0.1, 0.15) is 0 Å². The third kappa shape index (κ3) is 3.48. The highest BCUT2D eigenvalue weighted by Gasteiger charge is 2.28. The molecule has 2 aromatic rings. The van der Waals surface area contributed by atoms with Crippen LogP contribution in [0.2, 0.25) is 5.02 Å². The zero-order valence-corrected chi connectivity index (χ0v) is 13.8. The summed E-state index contributed by atoms with van der Waals surface area (Å²) in [7, 11) is -3.21. The summed E-state index contributed by atoms with van der Waals surface area (Å²) in [5.74, 6) is -0.104. The number of hydrogen-bond acceptors (Lipinski definition) is 3. The maximum absolute atomic E-state index is 12.2. The van der Waals surface area contributed by atoms with Gasteiger partial charge in [-0.05, 0) is 48.9 Å². The molecule has 7 heteroatoms. The summed E-state index contributed by atoms with van der Waals surface area (Å²) in [6.45, 7) is 0.483. The number of hydrogen-bond donors (Lipinski definition) is 1. The van der Waals surface area contributed by atoms with Gasteiger partial charge in [-0.25, -0.2) is 8.42 Å². The molecule has 0 spiro atoms. The molecular formula is C16H15ClN2O3S. The van der Waals surface area contributed by atoms with Crippen molar-refractivity contribution in [1.29, 1.82) is 0 Å². The van der Waals surface area contributed by atoms with Gasteiger partial charge in [-0.2, -0.15) is 0 Å². The average Bonchev–Trinajstić information content (AvgIpc) is 2.87. The van der Waals surface area contributed by atoms with Crippen LogP contribution in [0.25, 0.3) is 0 Å². The second-order valence-corrected chi connectivity index (χ2v) is 7.70. The van der Waals surface area contributed by atoms with Crippen molar-refractivity contribution in [1.82, 2.24) is 0 Å². The number of benzene rings is 2. The molecular weight excluding hydrogens is 336 g/mol. The van der Waals surface area contributed by atoms with Crippen molar-refractivity contribution in [3.8, 4) is 0 Å². The van der Waals surface area contributed by atoms with Crippen molar-refractivity contribution in [2.45, 2.75) is 6.42 Å². The molecule has 1 aliphatic heterocycles. The highest BCUT2D eigenvalue weighted by molar-refractivity contribution is 7.93. The number of nitrogens with one attached hydrogen (secondary N) is 1. The lowest BCUT2D eigenvalue weighted by atomic mass is 10.2. The fourth-order valence-electron chi connectivity index (χ4n) is 2.48. The van der Waals surface area contributed by atoms with Gasteiger partial charge in [-0.3, -0.25) is 9.10 Å². The SMILES string of the molecule is O=C(Nc1cccc(Cl)c1)c1ccc(N2CCCS2(=O)=O)cc1. The Morgan fingerprint density at radius 1 is 1.13 bits per heavy atom. The van der Waals surface area contributed by atoms with Gasteiger partial charge in [0.15, 0.2) is 0 Å². The fraction of sp³-hybridized carbons (Fsp3) is 0.188. The zero-order chi connectivity index (χ0) is 16.4. The minimum atomic E-state index is -3.21. The van der Waals surface area contributed by atoms with Gasteiger partial charge in [-0.15, -0.1) is 0 Å². The van der Waals surface area contributed by atoms with Gasteiger partial charge in [-0.1, -0.05) is 17.7 Å². The molecule has 120 valence electrons. The van der Waals surface area contributed by atoms with Crippen molar-refractivity contribution >= 4 is 38.9 Å². The quantitative estimate of drug-likeness (QED) is 0.924. The van der Waals surface area contributed by atoms with E-state index in [9.17, 15) is 13.2 Å². The summed E-state index contributed by atoms with van der Waals surface area (Å²) >= 11 is 5.88. The summed E-state index contributed by atoms with van der Waals surface area (Å²) in [6, 6.07) is 13.4. The maximum atomic E-state index is 12.2. The largest absolute Gasteiger partial charge is 0.322 e. The van der Waals surface area contributed by atoms with Crippen molar-refractivity contribution in [3.05, 3.63) is 59.1 Å². The summed E-state index contributed by atoms with van der Waals surface area (Å²) in [4.78, 5) is 12.2. The molecule has 1 N–H and O–H groups in total. The summed E-state index contributed by atoms with van der Waals surface area (Å²) in [6.07, 6.45) is 0.624. The van der Waals surface area contributed by atoms with Crippen molar-refractivity contribution in [2.75, 3.05) is 21.9 Å². The minimum absolute atomic E-state index is 0.171. The Hall–Kier alpha value is -2.05. The van der Waals surface area contributed by atoms with Crippen LogP contribution in [0.1, 0.15) is 16.8 Å². The van der Waals surface area contributed by atoms with E-state index in [0.717, 1.165) is 0 Å². The van der Waals surface area contributed by atoms with Gasteiger partial charge in [0, 0.05) is 22.8 Å². The first-order valence-corrected chi connectivity index (χ1v) is 9.12. The summed E-state index contributed by atoms with van der Waals surface area (Å²) in [5.41, 5.74) is 1.64. The Bertz CT molecular complexity index is 835. The van der Waals surface area contributed by atoms with Gasteiger partial charge in [0.2, 0.25) is 10.0 Å². The number of halogens is 1. The van der Waals surface area contributed by atoms with E-state index in [2.05, 4.69) is 5.32 Å². The number of carbonyl (C=O) groups is 1. The lowest BCUT2D eigenvalue weighted by molar-refractivity contribution is 0.102. The monoisotopic (exact) mass is 350 g/mol. The van der Waals surface area contributed by atoms with Crippen LogP contribution < -0.4 is 9.62 Å². The highest BCUT2D eigenvalue weighted by atomic mass is 35.5. The van der Waals surface area contributed by atoms with Gasteiger partial charge < -0.3 is 5.32 Å². The van der Waals surface area contributed by atoms with Crippen LogP contribution in [-0.2, 0) is 10.0 Å². The van der Waals surface area contributed by atoms with Crippen LogP contribution in [0.15, 0.2) is 48.5 Å². The molecule has 0 bridgehead atoms. The van der Waals surface area contributed by atoms with E-state index in [1.165, 1.54) is 4.31 Å². The van der Waals surface area contributed by atoms with Crippen molar-refractivity contribution in [3.63, 3.8) is 0 Å². The molecule has 5 nitrogen and oxygen atoms in total. The number of amides is 1. The number of nitrogens with zero attached hydrogens (tertiary/aromatic N) is 1. The molecule has 1 saturated heterocycles. The molecule has 0 aromatic heterocycles. The standard InChI is InChI=1S/C16H15ClN2O3S/c17-13-3-1-4-14(11-13)18-16(20)12-5-7-15(8-6-12)19-9-2-10-23(19,21)22/h1,3-8,11H,2,9-10H2,(H,18,20). The third-order valence-corrected chi connectivity index (χ3v) is 5.70. The normalized spacial score (nSPS) is 16.3. The second kappa shape index (κ2) is 6.22. The Morgan fingerprint density at radius 3 is 2.48 bits per heavy atom. The van der Waals surface area contributed by atoms with Crippen molar-refractivity contribution < 1.29 is 13.2 Å². The molecule has 1 fully saturated rings. The van der Waals surface area contributed by atoms with E-state index in [1.807, 2.05) is 0 Å². The minimum Gasteiger partial charge on any atom is -0.322 e. The first-order valence-electron chi connectivity index (χ1n) is 7.13. The number of rotatable bonds is 3. The summed E-state index contributed by atoms with van der Waals surface area (Å²) < 4.78 is 25.2. The zero-order valence-electron chi connectivity index (χ0n) is 12.2. The molecule has 0 radical (unpaired) electrons. The molecule has 0 saturated carbocycles. The van der Waals surface area contributed by atoms with Crippen LogP contribution in [0.5, 0.6) is 0 Å². The smallest absolute Gasteiger partial charge is 0.255 e. The Morgan fingerprint density at radius 2 is 1.87 bits per heavy atom. The Balaban J connectivity index is 1.75. The van der Waals surface area contributed by atoms with Crippen molar-refractivity contribution in [2.24, 2.45) is 0 Å². The highest BCUT2D eigenvalue weighted by Crippen LogP contribution is 2.24. The topological polar surface area (TPSA) is 66.5 Å². The molecule has 0 unspecified atom stereocenters. The predicted molar refractivity (Wildman–Crippen MR) is 91.6 cm³/mol. The number of carbonyl (C=O) groups excluding carboxylic acids is 1. The average molecular weight is 351 g/mol. The molecule has 0 aliphatic carbocycles.